The third kappa shape index (κ3) is 5.67. The van der Waals surface area contributed by atoms with Crippen molar-refractivity contribution in [1.29, 1.82) is 0 Å². The Morgan fingerprint density at radius 3 is 2.70 bits per heavy atom. The van der Waals surface area contributed by atoms with E-state index in [0.29, 0.717) is 18.5 Å². The molecule has 0 aliphatic carbocycles. The Hall–Kier alpha value is -1.31. The van der Waals surface area contributed by atoms with Crippen LogP contribution in [0.2, 0.25) is 0 Å². The fraction of sp³-hybridized carbons (Fsp3) is 0.529. The third-order valence-corrected chi connectivity index (χ3v) is 4.11. The van der Waals surface area contributed by atoms with Crippen molar-refractivity contribution in [3.63, 3.8) is 0 Å². The zero-order valence-electron chi connectivity index (χ0n) is 14.1. The Balaban J connectivity index is 0.00000264. The first kappa shape index (κ1) is 19.7. The molecule has 0 aromatic heterocycles. The van der Waals surface area contributed by atoms with Gasteiger partial charge in [0.2, 0.25) is 5.91 Å². The molecule has 1 aliphatic rings. The molecule has 0 radical (unpaired) electrons. The van der Waals surface area contributed by atoms with E-state index in [1.807, 2.05) is 11.0 Å². The first-order valence-electron chi connectivity index (χ1n) is 7.95. The number of nitrogens with one attached hydrogen (secondary N) is 2. The summed E-state index contributed by atoms with van der Waals surface area (Å²) in [6.07, 6.45) is 1.94. The van der Waals surface area contributed by atoms with E-state index in [-0.39, 0.29) is 36.4 Å². The van der Waals surface area contributed by atoms with Gasteiger partial charge in [-0.3, -0.25) is 9.79 Å². The van der Waals surface area contributed by atoms with Crippen LogP contribution < -0.4 is 10.6 Å². The highest BCUT2D eigenvalue weighted by atomic mass is 127. The molecular formula is C17H27IN4O. The summed E-state index contributed by atoms with van der Waals surface area (Å²) in [6, 6.07) is 8.67. The SMILES string of the molecule is CCC(C)NC(=NC)NCC(=O)N1CCc2ccccc2C1.I. The number of aliphatic imine (C=N–C) groups is 1. The van der Waals surface area contributed by atoms with Crippen LogP contribution in [0.5, 0.6) is 0 Å². The fourth-order valence-corrected chi connectivity index (χ4v) is 2.51. The average Bonchev–Trinajstić information content (AvgIpc) is 2.57. The molecule has 6 heteroatoms. The number of amides is 1. The van der Waals surface area contributed by atoms with Gasteiger partial charge in [-0.25, -0.2) is 0 Å². The molecule has 0 fully saturated rings. The Bertz CT molecular complexity index is 547. The monoisotopic (exact) mass is 430 g/mol. The minimum atomic E-state index is 0. The molecule has 5 nitrogen and oxygen atoms in total. The van der Waals surface area contributed by atoms with Crippen LogP contribution in [0.15, 0.2) is 29.3 Å². The molecule has 1 heterocycles. The van der Waals surface area contributed by atoms with Gasteiger partial charge >= 0.3 is 0 Å². The second-order valence-electron chi connectivity index (χ2n) is 5.71. The Labute approximate surface area is 156 Å². The van der Waals surface area contributed by atoms with E-state index in [1.54, 1.807) is 7.05 Å². The lowest BCUT2D eigenvalue weighted by Crippen LogP contribution is -2.47. The number of benzene rings is 1. The molecule has 23 heavy (non-hydrogen) atoms. The van der Waals surface area contributed by atoms with Gasteiger partial charge in [-0.1, -0.05) is 31.2 Å². The van der Waals surface area contributed by atoms with Crippen molar-refractivity contribution in [2.24, 2.45) is 4.99 Å². The molecule has 0 saturated carbocycles. The largest absolute Gasteiger partial charge is 0.354 e. The number of nitrogens with zero attached hydrogens (tertiary/aromatic N) is 2. The summed E-state index contributed by atoms with van der Waals surface area (Å²) in [4.78, 5) is 18.4. The summed E-state index contributed by atoms with van der Waals surface area (Å²) in [5.41, 5.74) is 2.61. The summed E-state index contributed by atoms with van der Waals surface area (Å²) in [6.45, 7) is 5.97. The maximum Gasteiger partial charge on any atom is 0.242 e. The first-order valence-corrected chi connectivity index (χ1v) is 7.95. The van der Waals surface area contributed by atoms with Gasteiger partial charge in [-0.2, -0.15) is 0 Å². The molecule has 0 spiro atoms. The van der Waals surface area contributed by atoms with Crippen LogP contribution in [0.4, 0.5) is 0 Å². The van der Waals surface area contributed by atoms with Crippen LogP contribution in [0, 0.1) is 0 Å². The lowest BCUT2D eigenvalue weighted by Gasteiger charge is -2.29. The van der Waals surface area contributed by atoms with Gasteiger partial charge < -0.3 is 15.5 Å². The third-order valence-electron chi connectivity index (χ3n) is 4.11. The highest BCUT2D eigenvalue weighted by Crippen LogP contribution is 2.18. The molecule has 0 bridgehead atoms. The maximum absolute atomic E-state index is 12.4. The second-order valence-corrected chi connectivity index (χ2v) is 5.71. The highest BCUT2D eigenvalue weighted by Gasteiger charge is 2.20. The van der Waals surface area contributed by atoms with Crippen LogP contribution in [-0.4, -0.2) is 42.9 Å². The maximum atomic E-state index is 12.4. The number of halogens is 1. The number of fused-ring (bicyclic) bond motifs is 1. The van der Waals surface area contributed by atoms with E-state index >= 15 is 0 Å². The molecular weight excluding hydrogens is 403 g/mol. The minimum absolute atomic E-state index is 0. The van der Waals surface area contributed by atoms with Crippen molar-refractivity contribution in [2.45, 2.75) is 39.3 Å². The molecule has 2 N–H and O–H groups in total. The highest BCUT2D eigenvalue weighted by molar-refractivity contribution is 14.0. The quantitative estimate of drug-likeness (QED) is 0.438. The number of rotatable bonds is 4. The topological polar surface area (TPSA) is 56.7 Å². The number of hydrogen-bond acceptors (Lipinski definition) is 2. The summed E-state index contributed by atoms with van der Waals surface area (Å²) >= 11 is 0. The Kier molecular flexibility index (Phi) is 8.36. The first-order chi connectivity index (χ1) is 10.6. The normalized spacial score (nSPS) is 15.3. The predicted octanol–water partition coefficient (Wildman–Crippen LogP) is 2.15. The molecule has 1 aliphatic heterocycles. The van der Waals surface area contributed by atoms with E-state index < -0.39 is 0 Å². The van der Waals surface area contributed by atoms with Gasteiger partial charge in [-0.15, -0.1) is 24.0 Å². The molecule has 128 valence electrons. The summed E-state index contributed by atoms with van der Waals surface area (Å²) in [7, 11) is 1.72. The second kappa shape index (κ2) is 9.75. The molecule has 1 atom stereocenters. The van der Waals surface area contributed by atoms with Gasteiger partial charge in [0, 0.05) is 26.2 Å². The zero-order chi connectivity index (χ0) is 15.9. The zero-order valence-corrected chi connectivity index (χ0v) is 16.5. The molecule has 1 aromatic carbocycles. The lowest BCUT2D eigenvalue weighted by atomic mass is 10.00. The minimum Gasteiger partial charge on any atom is -0.354 e. The summed E-state index contributed by atoms with van der Waals surface area (Å²) in [5.74, 6) is 0.793. The number of carbonyl (C=O) groups is 1. The molecule has 2 rings (SSSR count). The van der Waals surface area contributed by atoms with Gasteiger partial charge in [-0.05, 0) is 30.9 Å². The summed E-state index contributed by atoms with van der Waals surface area (Å²) < 4.78 is 0. The Morgan fingerprint density at radius 1 is 1.35 bits per heavy atom. The lowest BCUT2D eigenvalue weighted by molar-refractivity contribution is -0.130. The summed E-state index contributed by atoms with van der Waals surface area (Å²) in [5, 5.41) is 6.36. The van der Waals surface area contributed by atoms with E-state index in [2.05, 4.69) is 47.7 Å². The smallest absolute Gasteiger partial charge is 0.242 e. The van der Waals surface area contributed by atoms with Crippen molar-refractivity contribution in [3.05, 3.63) is 35.4 Å². The van der Waals surface area contributed by atoms with Crippen LogP contribution in [0.25, 0.3) is 0 Å². The molecule has 1 aromatic rings. The molecule has 0 saturated heterocycles. The van der Waals surface area contributed by atoms with E-state index in [9.17, 15) is 4.79 Å². The van der Waals surface area contributed by atoms with Crippen molar-refractivity contribution < 1.29 is 4.79 Å². The van der Waals surface area contributed by atoms with Crippen LogP contribution in [-0.2, 0) is 17.8 Å². The fourth-order valence-electron chi connectivity index (χ4n) is 2.51. The number of guanidine groups is 1. The van der Waals surface area contributed by atoms with Gasteiger partial charge in [0.25, 0.3) is 0 Å². The van der Waals surface area contributed by atoms with Crippen LogP contribution in [0.1, 0.15) is 31.4 Å². The van der Waals surface area contributed by atoms with Gasteiger partial charge in [0.15, 0.2) is 5.96 Å². The Morgan fingerprint density at radius 2 is 2.04 bits per heavy atom. The molecule has 1 amide bonds. The van der Waals surface area contributed by atoms with Crippen molar-refractivity contribution >= 4 is 35.8 Å². The van der Waals surface area contributed by atoms with Crippen molar-refractivity contribution in [2.75, 3.05) is 20.1 Å². The number of hydrogen-bond donors (Lipinski definition) is 2. The van der Waals surface area contributed by atoms with Crippen LogP contribution >= 0.6 is 24.0 Å². The van der Waals surface area contributed by atoms with Crippen LogP contribution in [0.3, 0.4) is 0 Å². The van der Waals surface area contributed by atoms with Crippen molar-refractivity contribution in [1.82, 2.24) is 15.5 Å². The number of carbonyl (C=O) groups excluding carboxylic acids is 1. The van der Waals surface area contributed by atoms with E-state index in [1.165, 1.54) is 11.1 Å². The van der Waals surface area contributed by atoms with E-state index in [0.717, 1.165) is 19.4 Å². The predicted molar refractivity (Wildman–Crippen MR) is 105 cm³/mol. The van der Waals surface area contributed by atoms with Crippen molar-refractivity contribution in [3.8, 4) is 0 Å². The van der Waals surface area contributed by atoms with Gasteiger partial charge in [0.1, 0.15) is 0 Å². The standard InChI is InChI=1S/C17H26N4O.HI/c1-4-13(2)20-17(18-3)19-11-16(22)21-10-9-14-7-5-6-8-15(14)12-21;/h5-8,13H,4,9-12H2,1-3H3,(H2,18,19,20);1H. The van der Waals surface area contributed by atoms with Gasteiger partial charge in [0.05, 0.1) is 6.54 Å². The molecule has 1 unspecified atom stereocenters. The van der Waals surface area contributed by atoms with E-state index in [4.69, 9.17) is 0 Å². The average molecular weight is 430 g/mol.